The molecule has 1 atom stereocenters. The molecule has 2 nitrogen and oxygen atoms in total. The molecule has 0 fully saturated rings. The molecule has 0 aliphatic heterocycles. The van der Waals surface area contributed by atoms with Gasteiger partial charge < -0.3 is 9.47 Å². The van der Waals surface area contributed by atoms with Crippen LogP contribution in [0.1, 0.15) is 16.5 Å². The Kier molecular flexibility index (Phi) is 5.32. The largest absolute Gasteiger partial charge is 0.497 e. The summed E-state index contributed by atoms with van der Waals surface area (Å²) in [6.45, 7) is 0. The second-order valence-electron chi connectivity index (χ2n) is 4.44. The van der Waals surface area contributed by atoms with Crippen molar-refractivity contribution in [3.05, 3.63) is 58.1 Å². The van der Waals surface area contributed by atoms with Crippen molar-refractivity contribution in [2.24, 2.45) is 0 Å². The third-order valence-corrected chi connectivity index (χ3v) is 4.00. The van der Waals surface area contributed by atoms with Crippen molar-refractivity contribution < 1.29 is 9.47 Å². The highest BCUT2D eigenvalue weighted by molar-refractivity contribution is 9.10. The van der Waals surface area contributed by atoms with E-state index in [1.807, 2.05) is 30.3 Å². The van der Waals surface area contributed by atoms with Crippen LogP contribution in [-0.4, -0.2) is 14.2 Å². The highest BCUT2D eigenvalue weighted by Crippen LogP contribution is 2.32. The first-order chi connectivity index (χ1) is 9.62. The van der Waals surface area contributed by atoms with Crippen LogP contribution in [0.25, 0.3) is 0 Å². The molecule has 106 valence electrons. The van der Waals surface area contributed by atoms with Crippen LogP contribution in [-0.2, 0) is 6.42 Å². The fourth-order valence-electron chi connectivity index (χ4n) is 1.96. The van der Waals surface area contributed by atoms with Gasteiger partial charge in [0.05, 0.1) is 19.6 Å². The standard InChI is InChI=1S/C16H16BrClO2/c1-19-14-8-12(9-15(10-14)20-2)16(18)7-11-3-5-13(17)6-4-11/h3-6,8-10,16H,7H2,1-2H3. The molecule has 2 aromatic carbocycles. The maximum absolute atomic E-state index is 6.52. The number of benzene rings is 2. The smallest absolute Gasteiger partial charge is 0.122 e. The van der Waals surface area contributed by atoms with Crippen molar-refractivity contribution in [2.75, 3.05) is 14.2 Å². The van der Waals surface area contributed by atoms with Crippen molar-refractivity contribution in [1.29, 1.82) is 0 Å². The van der Waals surface area contributed by atoms with Crippen LogP contribution in [0.15, 0.2) is 46.9 Å². The zero-order chi connectivity index (χ0) is 14.5. The zero-order valence-electron chi connectivity index (χ0n) is 11.4. The monoisotopic (exact) mass is 354 g/mol. The summed E-state index contributed by atoms with van der Waals surface area (Å²) in [5.74, 6) is 1.50. The van der Waals surface area contributed by atoms with Crippen LogP contribution in [0.2, 0.25) is 0 Å². The lowest BCUT2D eigenvalue weighted by molar-refractivity contribution is 0.393. The first kappa shape index (κ1) is 15.2. The maximum Gasteiger partial charge on any atom is 0.122 e. The second kappa shape index (κ2) is 7.00. The van der Waals surface area contributed by atoms with E-state index in [1.54, 1.807) is 14.2 Å². The van der Waals surface area contributed by atoms with Gasteiger partial charge in [-0.2, -0.15) is 0 Å². The van der Waals surface area contributed by atoms with E-state index in [2.05, 4.69) is 28.1 Å². The highest BCUT2D eigenvalue weighted by Gasteiger charge is 2.12. The minimum atomic E-state index is -0.125. The van der Waals surface area contributed by atoms with Gasteiger partial charge >= 0.3 is 0 Å². The average molecular weight is 356 g/mol. The molecule has 0 heterocycles. The van der Waals surface area contributed by atoms with Gasteiger partial charge in [0.25, 0.3) is 0 Å². The molecule has 0 aliphatic rings. The molecule has 1 unspecified atom stereocenters. The zero-order valence-corrected chi connectivity index (χ0v) is 13.7. The third-order valence-electron chi connectivity index (χ3n) is 3.06. The van der Waals surface area contributed by atoms with E-state index < -0.39 is 0 Å². The third kappa shape index (κ3) is 3.90. The molecule has 0 aliphatic carbocycles. The summed E-state index contributed by atoms with van der Waals surface area (Å²) >= 11 is 9.94. The first-order valence-electron chi connectivity index (χ1n) is 6.24. The number of rotatable bonds is 5. The molecule has 0 saturated heterocycles. The second-order valence-corrected chi connectivity index (χ2v) is 5.89. The molecule has 2 aromatic rings. The quantitative estimate of drug-likeness (QED) is 0.704. The Morgan fingerprint density at radius 1 is 1.00 bits per heavy atom. The molecule has 0 spiro atoms. The number of hydrogen-bond acceptors (Lipinski definition) is 2. The summed E-state index contributed by atoms with van der Waals surface area (Å²) in [5, 5.41) is -0.125. The van der Waals surface area contributed by atoms with Crippen LogP contribution in [0.5, 0.6) is 11.5 Å². The summed E-state index contributed by atoms with van der Waals surface area (Å²) < 4.78 is 11.6. The predicted octanol–water partition coefficient (Wildman–Crippen LogP) is 4.99. The van der Waals surface area contributed by atoms with Crippen molar-refractivity contribution in [3.63, 3.8) is 0 Å². The van der Waals surface area contributed by atoms with E-state index in [0.29, 0.717) is 0 Å². The summed E-state index contributed by atoms with van der Waals surface area (Å²) in [6, 6.07) is 13.9. The maximum atomic E-state index is 6.52. The molecule has 20 heavy (non-hydrogen) atoms. The topological polar surface area (TPSA) is 18.5 Å². The Bertz CT molecular complexity index is 547. The van der Waals surface area contributed by atoms with Gasteiger partial charge in [-0.05, 0) is 41.8 Å². The molecule has 0 amide bonds. The van der Waals surface area contributed by atoms with Gasteiger partial charge in [-0.15, -0.1) is 11.6 Å². The van der Waals surface area contributed by atoms with Gasteiger partial charge in [-0.25, -0.2) is 0 Å². The number of methoxy groups -OCH3 is 2. The lowest BCUT2D eigenvalue weighted by Gasteiger charge is -2.13. The Morgan fingerprint density at radius 2 is 1.55 bits per heavy atom. The summed E-state index contributed by atoms with van der Waals surface area (Å²) in [7, 11) is 3.27. The van der Waals surface area contributed by atoms with E-state index in [9.17, 15) is 0 Å². The highest BCUT2D eigenvalue weighted by atomic mass is 79.9. The van der Waals surface area contributed by atoms with Crippen LogP contribution >= 0.6 is 27.5 Å². The average Bonchev–Trinajstić information content (AvgIpc) is 2.48. The summed E-state index contributed by atoms with van der Waals surface area (Å²) in [4.78, 5) is 0. The van der Waals surface area contributed by atoms with Crippen LogP contribution < -0.4 is 9.47 Å². The molecule has 0 radical (unpaired) electrons. The van der Waals surface area contributed by atoms with E-state index >= 15 is 0 Å². The summed E-state index contributed by atoms with van der Waals surface area (Å²) in [5.41, 5.74) is 2.18. The van der Waals surface area contributed by atoms with Crippen molar-refractivity contribution in [1.82, 2.24) is 0 Å². The van der Waals surface area contributed by atoms with Gasteiger partial charge in [0.15, 0.2) is 0 Å². The molecule has 0 N–H and O–H groups in total. The first-order valence-corrected chi connectivity index (χ1v) is 7.47. The van der Waals surface area contributed by atoms with E-state index in [0.717, 1.165) is 28.0 Å². The molecule has 4 heteroatoms. The van der Waals surface area contributed by atoms with E-state index in [-0.39, 0.29) is 5.38 Å². The summed E-state index contributed by atoms with van der Waals surface area (Å²) in [6.07, 6.45) is 0.755. The van der Waals surface area contributed by atoms with Crippen molar-refractivity contribution in [3.8, 4) is 11.5 Å². The molecule has 0 saturated carbocycles. The molecule has 2 rings (SSSR count). The van der Waals surface area contributed by atoms with Gasteiger partial charge in [0, 0.05) is 10.5 Å². The minimum Gasteiger partial charge on any atom is -0.497 e. The van der Waals surface area contributed by atoms with Gasteiger partial charge in [0.2, 0.25) is 0 Å². The molecular formula is C16H16BrClO2. The Labute approximate surface area is 132 Å². The number of hydrogen-bond donors (Lipinski definition) is 0. The fraction of sp³-hybridized carbons (Fsp3) is 0.250. The predicted molar refractivity (Wildman–Crippen MR) is 86.0 cm³/mol. The SMILES string of the molecule is COc1cc(OC)cc(C(Cl)Cc2ccc(Br)cc2)c1. The van der Waals surface area contributed by atoms with E-state index in [1.165, 1.54) is 5.56 Å². The lowest BCUT2D eigenvalue weighted by Crippen LogP contribution is -1.98. The van der Waals surface area contributed by atoms with Crippen molar-refractivity contribution >= 4 is 27.5 Å². The normalized spacial score (nSPS) is 12.0. The van der Waals surface area contributed by atoms with E-state index in [4.69, 9.17) is 21.1 Å². The van der Waals surface area contributed by atoms with Gasteiger partial charge in [-0.3, -0.25) is 0 Å². The van der Waals surface area contributed by atoms with Crippen LogP contribution in [0.3, 0.4) is 0 Å². The van der Waals surface area contributed by atoms with Crippen LogP contribution in [0, 0.1) is 0 Å². The number of halogens is 2. The molecular weight excluding hydrogens is 340 g/mol. The van der Waals surface area contributed by atoms with Crippen molar-refractivity contribution in [2.45, 2.75) is 11.8 Å². The Balaban J connectivity index is 2.19. The molecule has 0 bridgehead atoms. The number of alkyl halides is 1. The lowest BCUT2D eigenvalue weighted by atomic mass is 10.0. The number of ether oxygens (including phenoxy) is 2. The fourth-order valence-corrected chi connectivity index (χ4v) is 2.52. The molecule has 0 aromatic heterocycles. The minimum absolute atomic E-state index is 0.125. The Hall–Kier alpha value is -1.19. The van der Waals surface area contributed by atoms with Gasteiger partial charge in [0.1, 0.15) is 11.5 Å². The van der Waals surface area contributed by atoms with Crippen LogP contribution in [0.4, 0.5) is 0 Å². The van der Waals surface area contributed by atoms with Gasteiger partial charge in [-0.1, -0.05) is 28.1 Å². The Morgan fingerprint density at radius 3 is 2.05 bits per heavy atom.